The van der Waals surface area contributed by atoms with Crippen LogP contribution in [-0.4, -0.2) is 52.9 Å². The van der Waals surface area contributed by atoms with E-state index in [0.717, 1.165) is 17.6 Å². The molecule has 0 saturated carbocycles. The molecule has 2 heterocycles. The molecule has 0 aliphatic carbocycles. The summed E-state index contributed by atoms with van der Waals surface area (Å²) in [5.74, 6) is 2.40. The Morgan fingerprint density at radius 1 is 1.67 bits per heavy atom. The summed E-state index contributed by atoms with van der Waals surface area (Å²) in [6.07, 6.45) is 1.90. The van der Waals surface area contributed by atoms with E-state index >= 15 is 0 Å². The molecule has 1 saturated heterocycles. The molecule has 18 heavy (non-hydrogen) atoms. The molecule has 0 spiro atoms. The van der Waals surface area contributed by atoms with E-state index in [1.54, 1.807) is 0 Å². The van der Waals surface area contributed by atoms with Crippen molar-refractivity contribution in [2.45, 2.75) is 25.6 Å². The zero-order chi connectivity index (χ0) is 13.1. The summed E-state index contributed by atoms with van der Waals surface area (Å²) in [5.41, 5.74) is 1.26. The van der Waals surface area contributed by atoms with Crippen LogP contribution in [0.5, 0.6) is 0 Å². The summed E-state index contributed by atoms with van der Waals surface area (Å²) >= 11 is 5.68. The molecule has 6 heteroatoms. The number of hydrogen-bond acceptors (Lipinski definition) is 4. The van der Waals surface area contributed by atoms with Crippen LogP contribution >= 0.6 is 27.7 Å². The summed E-state index contributed by atoms with van der Waals surface area (Å²) in [6.45, 7) is 4.20. The molecule has 2 unspecified atom stereocenters. The Bertz CT molecular complexity index is 395. The first-order valence-electron chi connectivity index (χ1n) is 6.35. The van der Waals surface area contributed by atoms with Crippen molar-refractivity contribution in [3.63, 3.8) is 0 Å². The van der Waals surface area contributed by atoms with E-state index in [2.05, 4.69) is 49.9 Å². The van der Waals surface area contributed by atoms with Gasteiger partial charge in [-0.2, -0.15) is 16.9 Å². The Labute approximate surface area is 122 Å². The third kappa shape index (κ3) is 2.76. The predicted molar refractivity (Wildman–Crippen MR) is 81.1 cm³/mol. The summed E-state index contributed by atoms with van der Waals surface area (Å²) in [7, 11) is 4.26. The molecule has 0 radical (unpaired) electrons. The van der Waals surface area contributed by atoms with Gasteiger partial charge >= 0.3 is 0 Å². The molecular weight excluding hydrogens is 312 g/mol. The van der Waals surface area contributed by atoms with Gasteiger partial charge in [-0.1, -0.05) is 0 Å². The molecule has 1 aromatic heterocycles. The molecule has 1 aliphatic heterocycles. The average Bonchev–Trinajstić information content (AvgIpc) is 2.74. The molecule has 0 bridgehead atoms. The van der Waals surface area contributed by atoms with Crippen LogP contribution in [-0.2, 0) is 6.54 Å². The molecule has 1 aliphatic rings. The summed E-state index contributed by atoms with van der Waals surface area (Å²) in [6, 6.07) is 0.840. The fraction of sp³-hybridized carbons (Fsp3) is 0.750. The number of nitrogens with one attached hydrogen (secondary N) is 1. The van der Waals surface area contributed by atoms with Gasteiger partial charge in [0.25, 0.3) is 0 Å². The second-order valence-corrected chi connectivity index (χ2v) is 6.59. The van der Waals surface area contributed by atoms with Crippen molar-refractivity contribution in [1.82, 2.24) is 20.0 Å². The number of likely N-dealkylation sites (N-methyl/N-ethyl adjacent to an activating group) is 2. The Balaban J connectivity index is 2.29. The number of aromatic nitrogens is 2. The summed E-state index contributed by atoms with van der Waals surface area (Å²) in [5, 5.41) is 7.90. The Morgan fingerprint density at radius 3 is 3.06 bits per heavy atom. The number of nitrogens with zero attached hydrogens (tertiary/aromatic N) is 3. The number of aryl methyl sites for hydroxylation is 1. The van der Waals surface area contributed by atoms with Gasteiger partial charge in [0.15, 0.2) is 0 Å². The zero-order valence-electron chi connectivity index (χ0n) is 11.2. The topological polar surface area (TPSA) is 33.1 Å². The molecule has 1 aromatic rings. The van der Waals surface area contributed by atoms with Crippen molar-refractivity contribution in [1.29, 1.82) is 0 Å². The van der Waals surface area contributed by atoms with Crippen molar-refractivity contribution in [3.05, 3.63) is 16.4 Å². The van der Waals surface area contributed by atoms with Crippen LogP contribution in [0.25, 0.3) is 0 Å². The zero-order valence-corrected chi connectivity index (χ0v) is 13.6. The lowest BCUT2D eigenvalue weighted by Gasteiger charge is -2.38. The minimum atomic E-state index is 0.319. The van der Waals surface area contributed by atoms with E-state index < -0.39 is 0 Å². The Hall–Kier alpha value is -0.0400. The van der Waals surface area contributed by atoms with Crippen LogP contribution in [0.15, 0.2) is 10.7 Å². The van der Waals surface area contributed by atoms with E-state index in [0.29, 0.717) is 12.1 Å². The highest BCUT2D eigenvalue weighted by atomic mass is 79.9. The van der Waals surface area contributed by atoms with E-state index in [1.807, 2.05) is 25.0 Å². The quantitative estimate of drug-likeness (QED) is 0.913. The minimum absolute atomic E-state index is 0.319. The van der Waals surface area contributed by atoms with Crippen LogP contribution in [0.3, 0.4) is 0 Å². The van der Waals surface area contributed by atoms with Gasteiger partial charge in [-0.25, -0.2) is 0 Å². The van der Waals surface area contributed by atoms with Crippen molar-refractivity contribution >= 4 is 27.7 Å². The first kappa shape index (κ1) is 14.4. The van der Waals surface area contributed by atoms with Crippen molar-refractivity contribution in [3.8, 4) is 0 Å². The van der Waals surface area contributed by atoms with Crippen LogP contribution in [0.2, 0.25) is 0 Å². The molecule has 1 fully saturated rings. The second-order valence-electron chi connectivity index (χ2n) is 4.58. The lowest BCUT2D eigenvalue weighted by Crippen LogP contribution is -2.47. The SMILES string of the molecule is CCn1ncc(Br)c1C(NC)C1CSCCN1C. The van der Waals surface area contributed by atoms with Gasteiger partial charge in [0.05, 0.1) is 22.4 Å². The number of rotatable bonds is 4. The fourth-order valence-corrected chi connectivity index (χ4v) is 4.32. The third-order valence-corrected chi connectivity index (χ3v) is 5.23. The van der Waals surface area contributed by atoms with Crippen LogP contribution in [0, 0.1) is 0 Å². The van der Waals surface area contributed by atoms with Crippen molar-refractivity contribution in [2.75, 3.05) is 32.1 Å². The monoisotopic (exact) mass is 332 g/mol. The number of hydrogen-bond donors (Lipinski definition) is 1. The Morgan fingerprint density at radius 2 is 2.44 bits per heavy atom. The van der Waals surface area contributed by atoms with Crippen molar-refractivity contribution < 1.29 is 0 Å². The van der Waals surface area contributed by atoms with Crippen LogP contribution in [0.1, 0.15) is 18.7 Å². The first-order valence-corrected chi connectivity index (χ1v) is 8.30. The molecule has 4 nitrogen and oxygen atoms in total. The van der Waals surface area contributed by atoms with Gasteiger partial charge in [0.2, 0.25) is 0 Å². The molecule has 1 N–H and O–H groups in total. The molecule has 2 rings (SSSR count). The van der Waals surface area contributed by atoms with Gasteiger partial charge < -0.3 is 5.32 Å². The smallest absolute Gasteiger partial charge is 0.0711 e. The summed E-state index contributed by atoms with van der Waals surface area (Å²) in [4.78, 5) is 2.46. The lowest BCUT2D eigenvalue weighted by atomic mass is 10.0. The highest BCUT2D eigenvalue weighted by Gasteiger charge is 2.31. The summed E-state index contributed by atoms with van der Waals surface area (Å²) < 4.78 is 3.19. The molecule has 2 atom stereocenters. The standard InChI is InChI=1S/C12H21BrN4S/c1-4-17-12(9(13)7-15-17)11(14-2)10-8-18-6-5-16(10)3/h7,10-11,14H,4-6,8H2,1-3H3. The van der Waals surface area contributed by atoms with E-state index in [9.17, 15) is 0 Å². The molecular formula is C12H21BrN4S. The predicted octanol–water partition coefficient (Wildman–Crippen LogP) is 1.97. The first-order chi connectivity index (χ1) is 8.69. The highest BCUT2D eigenvalue weighted by molar-refractivity contribution is 9.10. The molecule has 102 valence electrons. The normalized spacial score (nSPS) is 23.2. The van der Waals surface area contributed by atoms with Crippen molar-refractivity contribution in [2.24, 2.45) is 0 Å². The van der Waals surface area contributed by atoms with Gasteiger partial charge in [-0.15, -0.1) is 0 Å². The Kier molecular flexibility index (Phi) is 5.12. The van der Waals surface area contributed by atoms with E-state index in [4.69, 9.17) is 0 Å². The largest absolute Gasteiger partial charge is 0.310 e. The van der Waals surface area contributed by atoms with Crippen LogP contribution in [0.4, 0.5) is 0 Å². The molecule has 0 aromatic carbocycles. The molecule has 0 amide bonds. The number of thioether (sulfide) groups is 1. The van der Waals surface area contributed by atoms with Gasteiger partial charge in [-0.05, 0) is 36.9 Å². The maximum atomic E-state index is 4.43. The van der Waals surface area contributed by atoms with E-state index in [1.165, 1.54) is 17.2 Å². The van der Waals surface area contributed by atoms with Gasteiger partial charge in [-0.3, -0.25) is 9.58 Å². The second kappa shape index (κ2) is 6.41. The third-order valence-electron chi connectivity index (χ3n) is 3.57. The number of halogens is 1. The maximum Gasteiger partial charge on any atom is 0.0711 e. The fourth-order valence-electron chi connectivity index (χ4n) is 2.50. The van der Waals surface area contributed by atoms with E-state index in [-0.39, 0.29) is 0 Å². The maximum absolute atomic E-state index is 4.43. The highest BCUT2D eigenvalue weighted by Crippen LogP contribution is 2.30. The van der Waals surface area contributed by atoms with Crippen LogP contribution < -0.4 is 5.32 Å². The minimum Gasteiger partial charge on any atom is -0.310 e. The van der Waals surface area contributed by atoms with Gasteiger partial charge in [0, 0.05) is 30.6 Å². The van der Waals surface area contributed by atoms with Gasteiger partial charge in [0.1, 0.15) is 0 Å². The average molecular weight is 333 g/mol. The lowest BCUT2D eigenvalue weighted by molar-refractivity contribution is 0.215.